The molecule has 3 aromatic carbocycles. The highest BCUT2D eigenvalue weighted by Crippen LogP contribution is 2.27. The van der Waals surface area contributed by atoms with Gasteiger partial charge in [0, 0.05) is 57.8 Å². The topological polar surface area (TPSA) is 43.9 Å². The first-order chi connectivity index (χ1) is 17.3. The molecule has 1 aliphatic heterocycles. The first kappa shape index (κ1) is 25.4. The number of rotatable bonds is 3. The van der Waals surface area contributed by atoms with Gasteiger partial charge in [0.15, 0.2) is 11.6 Å². The van der Waals surface area contributed by atoms with E-state index < -0.39 is 17.5 Å². The third-order valence-corrected chi connectivity index (χ3v) is 6.32. The molecule has 8 heteroatoms. The highest BCUT2D eigenvalue weighted by atomic mass is 19.2. The zero-order chi connectivity index (χ0) is 25.7. The van der Waals surface area contributed by atoms with E-state index in [0.29, 0.717) is 44.7 Å². The second-order valence-corrected chi connectivity index (χ2v) is 8.91. The fraction of sp³-hybridized carbons (Fsp3) is 0.286. The summed E-state index contributed by atoms with van der Waals surface area (Å²) in [5.74, 6) is -3.23. The van der Waals surface area contributed by atoms with Crippen LogP contribution < -0.4 is 4.90 Å². The van der Waals surface area contributed by atoms with Crippen LogP contribution in [-0.4, -0.2) is 47.8 Å². The van der Waals surface area contributed by atoms with Crippen molar-refractivity contribution in [3.63, 3.8) is 0 Å². The molecule has 4 rings (SSSR count). The Morgan fingerprint density at radius 1 is 0.833 bits per heavy atom. The maximum Gasteiger partial charge on any atom is 0.254 e. The van der Waals surface area contributed by atoms with Crippen molar-refractivity contribution in [2.45, 2.75) is 26.4 Å². The molecule has 0 atom stereocenters. The summed E-state index contributed by atoms with van der Waals surface area (Å²) in [6, 6.07) is 17.2. The fourth-order valence-corrected chi connectivity index (χ4v) is 4.46. The van der Waals surface area contributed by atoms with Gasteiger partial charge in [-0.3, -0.25) is 14.5 Å². The number of hydrogen-bond donors (Lipinski definition) is 0. The van der Waals surface area contributed by atoms with Crippen LogP contribution in [0.5, 0.6) is 0 Å². The Labute approximate surface area is 208 Å². The van der Waals surface area contributed by atoms with Crippen LogP contribution in [-0.2, 0) is 17.9 Å². The lowest BCUT2D eigenvalue weighted by atomic mass is 10.1. The van der Waals surface area contributed by atoms with Gasteiger partial charge >= 0.3 is 0 Å². The van der Waals surface area contributed by atoms with Crippen LogP contribution in [0.15, 0.2) is 66.7 Å². The lowest BCUT2D eigenvalue weighted by Gasteiger charge is -2.28. The molecular formula is C28H28F3N3O2. The van der Waals surface area contributed by atoms with Crippen molar-refractivity contribution >= 4 is 17.5 Å². The minimum Gasteiger partial charge on any atom is -0.333 e. The largest absolute Gasteiger partial charge is 0.333 e. The summed E-state index contributed by atoms with van der Waals surface area (Å²) < 4.78 is 42.0. The van der Waals surface area contributed by atoms with Crippen molar-refractivity contribution in [2.75, 3.05) is 31.1 Å². The summed E-state index contributed by atoms with van der Waals surface area (Å²) in [6.07, 6.45) is 0.608. The number of anilines is 1. The average Bonchev–Trinajstić information content (AvgIpc) is 2.89. The highest BCUT2D eigenvalue weighted by molar-refractivity contribution is 5.95. The van der Waals surface area contributed by atoms with Gasteiger partial charge in [-0.15, -0.1) is 0 Å². The maximum atomic E-state index is 14.3. The minimum atomic E-state index is -1.06. The molecular weight excluding hydrogens is 467 g/mol. The summed E-state index contributed by atoms with van der Waals surface area (Å²) in [4.78, 5) is 31.1. The van der Waals surface area contributed by atoms with E-state index in [4.69, 9.17) is 0 Å². The standard InChI is InChI=1S/C28H28F3N3O2/c1-20(35)34-13-5-12-32(18-21-6-3-2-4-7-21)14-15-33(28(36)22-8-10-24(29)11-9-22)19-23-16-25(30)26(31)17-27(23)34/h2-4,6-11,16-17H,5,12-15,18-19H2,1H3. The SMILES string of the molecule is CC(=O)N1CCCN(Cc2ccccc2)CCN(C(=O)c2ccc(F)cc2)Cc2cc(F)c(F)cc21. The average molecular weight is 496 g/mol. The van der Waals surface area contributed by atoms with Gasteiger partial charge in [0.25, 0.3) is 5.91 Å². The molecule has 0 aliphatic carbocycles. The van der Waals surface area contributed by atoms with E-state index in [1.807, 2.05) is 30.3 Å². The summed E-state index contributed by atoms with van der Waals surface area (Å²) in [5.41, 5.74) is 1.97. The Morgan fingerprint density at radius 2 is 1.53 bits per heavy atom. The Hall–Kier alpha value is -3.65. The monoisotopic (exact) mass is 495 g/mol. The van der Waals surface area contributed by atoms with Crippen molar-refractivity contribution in [1.82, 2.24) is 9.80 Å². The van der Waals surface area contributed by atoms with E-state index in [1.165, 1.54) is 41.0 Å². The molecule has 0 saturated heterocycles. The van der Waals surface area contributed by atoms with Crippen molar-refractivity contribution in [3.05, 3.63) is 101 Å². The Kier molecular flexibility index (Phi) is 8.05. The maximum absolute atomic E-state index is 14.3. The molecule has 188 valence electrons. The van der Waals surface area contributed by atoms with Crippen molar-refractivity contribution in [3.8, 4) is 0 Å². The molecule has 0 bridgehead atoms. The summed E-state index contributed by atoms with van der Waals surface area (Å²) in [5, 5.41) is 0. The predicted molar refractivity (Wildman–Crippen MR) is 132 cm³/mol. The normalized spacial score (nSPS) is 15.2. The quantitative estimate of drug-likeness (QED) is 0.514. The molecule has 0 aromatic heterocycles. The van der Waals surface area contributed by atoms with Crippen LogP contribution in [0.4, 0.5) is 18.9 Å². The number of nitrogens with zero attached hydrogens (tertiary/aromatic N) is 3. The molecule has 0 N–H and O–H groups in total. The van der Waals surface area contributed by atoms with Crippen LogP contribution >= 0.6 is 0 Å². The minimum absolute atomic E-state index is 0.0360. The second kappa shape index (κ2) is 11.4. The van der Waals surface area contributed by atoms with Crippen LogP contribution in [0.1, 0.15) is 34.8 Å². The number of carbonyl (C=O) groups is 2. The Bertz CT molecular complexity index is 1220. The molecule has 0 saturated carbocycles. The summed E-state index contributed by atoms with van der Waals surface area (Å²) in [7, 11) is 0. The van der Waals surface area contributed by atoms with Crippen molar-refractivity contribution in [2.24, 2.45) is 0 Å². The molecule has 0 spiro atoms. The van der Waals surface area contributed by atoms with Gasteiger partial charge in [0.2, 0.25) is 5.91 Å². The predicted octanol–water partition coefficient (Wildman–Crippen LogP) is 5.01. The molecule has 0 fully saturated rings. The third kappa shape index (κ3) is 6.12. The smallest absolute Gasteiger partial charge is 0.254 e. The first-order valence-corrected chi connectivity index (χ1v) is 11.9. The van der Waals surface area contributed by atoms with E-state index >= 15 is 0 Å². The number of fused-ring (bicyclic) bond motifs is 1. The summed E-state index contributed by atoms with van der Waals surface area (Å²) >= 11 is 0. The van der Waals surface area contributed by atoms with Crippen LogP contribution in [0, 0.1) is 17.5 Å². The summed E-state index contributed by atoms with van der Waals surface area (Å²) in [6.45, 7) is 3.79. The zero-order valence-corrected chi connectivity index (χ0v) is 20.1. The molecule has 2 amide bonds. The third-order valence-electron chi connectivity index (χ3n) is 6.32. The highest BCUT2D eigenvalue weighted by Gasteiger charge is 2.25. The van der Waals surface area contributed by atoms with Crippen molar-refractivity contribution in [1.29, 1.82) is 0 Å². The number of benzene rings is 3. The van der Waals surface area contributed by atoms with E-state index in [2.05, 4.69) is 4.90 Å². The number of halogens is 3. The lowest BCUT2D eigenvalue weighted by molar-refractivity contribution is -0.116. The van der Waals surface area contributed by atoms with E-state index in [9.17, 15) is 22.8 Å². The van der Waals surface area contributed by atoms with Gasteiger partial charge in [-0.05, 0) is 47.9 Å². The van der Waals surface area contributed by atoms with Gasteiger partial charge in [-0.1, -0.05) is 30.3 Å². The van der Waals surface area contributed by atoms with Gasteiger partial charge in [0.1, 0.15) is 5.82 Å². The fourth-order valence-electron chi connectivity index (χ4n) is 4.46. The Balaban J connectivity index is 1.71. The van der Waals surface area contributed by atoms with E-state index in [1.54, 1.807) is 0 Å². The molecule has 5 nitrogen and oxygen atoms in total. The second-order valence-electron chi connectivity index (χ2n) is 8.91. The number of carbonyl (C=O) groups excluding carboxylic acids is 2. The van der Waals surface area contributed by atoms with Crippen molar-refractivity contribution < 1.29 is 22.8 Å². The lowest BCUT2D eigenvalue weighted by Crippen LogP contribution is -2.38. The van der Waals surface area contributed by atoms with Gasteiger partial charge in [-0.2, -0.15) is 0 Å². The molecule has 0 radical (unpaired) electrons. The van der Waals surface area contributed by atoms with E-state index in [-0.39, 0.29) is 29.6 Å². The molecule has 1 heterocycles. The molecule has 1 aliphatic rings. The van der Waals surface area contributed by atoms with Crippen LogP contribution in [0.3, 0.4) is 0 Å². The number of hydrogen-bond acceptors (Lipinski definition) is 3. The molecule has 3 aromatic rings. The van der Waals surface area contributed by atoms with E-state index in [0.717, 1.165) is 17.7 Å². The molecule has 36 heavy (non-hydrogen) atoms. The molecule has 0 unspecified atom stereocenters. The van der Waals surface area contributed by atoms with Gasteiger partial charge in [-0.25, -0.2) is 13.2 Å². The van der Waals surface area contributed by atoms with Crippen LogP contribution in [0.2, 0.25) is 0 Å². The van der Waals surface area contributed by atoms with Crippen LogP contribution in [0.25, 0.3) is 0 Å². The Morgan fingerprint density at radius 3 is 2.22 bits per heavy atom. The number of amides is 2. The first-order valence-electron chi connectivity index (χ1n) is 11.9. The van der Waals surface area contributed by atoms with Gasteiger partial charge in [0.05, 0.1) is 5.69 Å². The van der Waals surface area contributed by atoms with Gasteiger partial charge < -0.3 is 9.80 Å². The zero-order valence-electron chi connectivity index (χ0n) is 20.1.